The lowest BCUT2D eigenvalue weighted by Crippen LogP contribution is -2.29. The van der Waals surface area contributed by atoms with Gasteiger partial charge in [0.2, 0.25) is 0 Å². The largest absolute Gasteiger partial charge is 0.493 e. The molecule has 1 amide bonds. The van der Waals surface area contributed by atoms with Gasteiger partial charge in [0.1, 0.15) is 4.21 Å². The van der Waals surface area contributed by atoms with Crippen LogP contribution < -0.4 is 9.47 Å². The van der Waals surface area contributed by atoms with E-state index in [4.69, 9.17) is 9.47 Å². The quantitative estimate of drug-likeness (QED) is 0.341. The molecule has 1 saturated heterocycles. The van der Waals surface area contributed by atoms with Crippen LogP contribution in [0.4, 0.5) is 0 Å². The average molecular weight is 495 g/mol. The van der Waals surface area contributed by atoms with Crippen molar-refractivity contribution in [2.24, 2.45) is 4.40 Å². The highest BCUT2D eigenvalue weighted by atomic mass is 32.2. The smallest absolute Gasteiger partial charge is 0.294 e. The Hall–Kier alpha value is -2.30. The number of amidine groups is 1. The summed E-state index contributed by atoms with van der Waals surface area (Å²) in [5.74, 6) is 0.944. The van der Waals surface area contributed by atoms with Crippen molar-refractivity contribution in [2.45, 2.75) is 37.3 Å². The highest BCUT2D eigenvalue weighted by Gasteiger charge is 2.34. The molecule has 10 heteroatoms. The fourth-order valence-electron chi connectivity index (χ4n) is 2.99. The molecule has 0 atom stereocenters. The van der Waals surface area contributed by atoms with Gasteiger partial charge in [0.15, 0.2) is 16.7 Å². The number of amides is 1. The van der Waals surface area contributed by atoms with Crippen LogP contribution in [0.2, 0.25) is 0 Å². The van der Waals surface area contributed by atoms with Crippen molar-refractivity contribution in [3.05, 3.63) is 46.2 Å². The van der Waals surface area contributed by atoms with Gasteiger partial charge in [-0.15, -0.1) is 15.7 Å². The third-order valence-corrected chi connectivity index (χ3v) is 8.40. The van der Waals surface area contributed by atoms with Crippen LogP contribution in [0.25, 0.3) is 6.08 Å². The lowest BCUT2D eigenvalue weighted by Gasteiger charge is -2.12. The summed E-state index contributed by atoms with van der Waals surface area (Å²) in [6, 6.07) is 8.60. The molecule has 1 aliphatic heterocycles. The number of carbonyl (C=O) groups is 1. The van der Waals surface area contributed by atoms with Gasteiger partial charge in [-0.05, 0) is 60.3 Å². The molecule has 0 saturated carbocycles. The summed E-state index contributed by atoms with van der Waals surface area (Å²) in [4.78, 5) is 14.6. The minimum Gasteiger partial charge on any atom is -0.493 e. The van der Waals surface area contributed by atoms with Crippen molar-refractivity contribution in [1.82, 2.24) is 4.90 Å². The van der Waals surface area contributed by atoms with Gasteiger partial charge in [-0.3, -0.25) is 9.69 Å². The van der Waals surface area contributed by atoms with Gasteiger partial charge in [0.25, 0.3) is 15.9 Å². The number of likely N-dealkylation sites (N-methyl/N-ethyl adjacent to an activating group) is 1. The number of sulfonamides is 1. The molecule has 7 nitrogen and oxygen atoms in total. The number of hydrogen-bond acceptors (Lipinski definition) is 7. The predicted octanol–water partition coefficient (Wildman–Crippen LogP) is 5.01. The standard InChI is InChI=1S/C22H26N2O5S3/c1-4-6-7-12-29-17-11-10-16(14-18(17)28-3)15-19-21(25)24(5-2)22(31-19)23-32(26,27)20-9-8-13-30-20/h8-11,13-15H,4-7,12H2,1-3H3/b19-15-,23-22+. The molecule has 172 valence electrons. The van der Waals surface area contributed by atoms with Gasteiger partial charge in [0.05, 0.1) is 18.6 Å². The van der Waals surface area contributed by atoms with E-state index in [0.717, 1.165) is 47.9 Å². The zero-order chi connectivity index (χ0) is 23.1. The molecule has 0 bridgehead atoms. The van der Waals surface area contributed by atoms with E-state index in [9.17, 15) is 13.2 Å². The number of ether oxygens (including phenoxy) is 2. The first-order valence-electron chi connectivity index (χ1n) is 10.3. The summed E-state index contributed by atoms with van der Waals surface area (Å²) < 4.78 is 40.4. The topological polar surface area (TPSA) is 85.3 Å². The lowest BCUT2D eigenvalue weighted by molar-refractivity contribution is -0.122. The molecular weight excluding hydrogens is 468 g/mol. The Morgan fingerprint density at radius 3 is 2.62 bits per heavy atom. The van der Waals surface area contributed by atoms with E-state index in [1.807, 2.05) is 12.1 Å². The Morgan fingerprint density at radius 2 is 1.97 bits per heavy atom. The monoisotopic (exact) mass is 494 g/mol. The van der Waals surface area contributed by atoms with Crippen LogP contribution in [0.1, 0.15) is 38.7 Å². The average Bonchev–Trinajstić information content (AvgIpc) is 3.41. The van der Waals surface area contributed by atoms with Crippen molar-refractivity contribution < 1.29 is 22.7 Å². The summed E-state index contributed by atoms with van der Waals surface area (Å²) in [6.07, 6.45) is 4.90. The molecule has 0 unspecified atom stereocenters. The van der Waals surface area contributed by atoms with E-state index in [-0.39, 0.29) is 15.3 Å². The van der Waals surface area contributed by atoms with Crippen LogP contribution in [0.15, 0.2) is 49.2 Å². The van der Waals surface area contributed by atoms with Crippen molar-refractivity contribution in [3.63, 3.8) is 0 Å². The lowest BCUT2D eigenvalue weighted by atomic mass is 10.2. The minimum atomic E-state index is -3.86. The van der Waals surface area contributed by atoms with Crippen molar-refractivity contribution in [1.29, 1.82) is 0 Å². The zero-order valence-corrected chi connectivity index (χ0v) is 20.7. The maximum atomic E-state index is 12.9. The van der Waals surface area contributed by atoms with Crippen LogP contribution in [0, 0.1) is 0 Å². The van der Waals surface area contributed by atoms with Crippen LogP contribution in [-0.4, -0.2) is 44.7 Å². The second-order valence-electron chi connectivity index (χ2n) is 6.91. The van der Waals surface area contributed by atoms with Gasteiger partial charge in [0, 0.05) is 6.54 Å². The molecule has 1 aromatic heterocycles. The summed E-state index contributed by atoms with van der Waals surface area (Å²) in [6.45, 7) is 4.85. The molecule has 0 N–H and O–H groups in total. The Labute approximate surface area is 197 Å². The van der Waals surface area contributed by atoms with Crippen molar-refractivity contribution >= 4 is 50.3 Å². The number of carbonyl (C=O) groups excluding carboxylic acids is 1. The molecule has 2 heterocycles. The number of benzene rings is 1. The van der Waals surface area contributed by atoms with Crippen LogP contribution in [0.5, 0.6) is 11.5 Å². The predicted molar refractivity (Wildman–Crippen MR) is 130 cm³/mol. The first-order valence-corrected chi connectivity index (χ1v) is 13.4. The van der Waals surface area contributed by atoms with Gasteiger partial charge < -0.3 is 9.47 Å². The molecule has 1 aromatic carbocycles. The second-order valence-corrected chi connectivity index (χ2v) is 10.7. The van der Waals surface area contributed by atoms with E-state index in [0.29, 0.717) is 29.6 Å². The highest BCUT2D eigenvalue weighted by Crippen LogP contribution is 2.35. The number of methoxy groups -OCH3 is 1. The molecule has 1 fully saturated rings. The SMILES string of the molecule is CCCCCOc1ccc(/C=C2\S/C(=N/S(=O)(=O)c3cccs3)N(CC)C2=O)cc1OC. The molecule has 0 aliphatic carbocycles. The number of thioether (sulfide) groups is 1. The third-order valence-electron chi connectivity index (χ3n) is 4.64. The number of unbranched alkanes of at least 4 members (excludes halogenated alkanes) is 2. The molecular formula is C22H26N2O5S3. The van der Waals surface area contributed by atoms with E-state index in [1.165, 1.54) is 11.0 Å². The molecule has 32 heavy (non-hydrogen) atoms. The molecule has 2 aromatic rings. The number of rotatable bonds is 10. The zero-order valence-electron chi connectivity index (χ0n) is 18.2. The maximum absolute atomic E-state index is 12.9. The maximum Gasteiger partial charge on any atom is 0.294 e. The summed E-state index contributed by atoms with van der Waals surface area (Å²) in [5, 5.41) is 1.83. The van der Waals surface area contributed by atoms with Gasteiger partial charge in [-0.25, -0.2) is 0 Å². The first-order chi connectivity index (χ1) is 15.4. The molecule has 0 radical (unpaired) electrons. The first kappa shape index (κ1) is 24.3. The van der Waals surface area contributed by atoms with Gasteiger partial charge in [-0.1, -0.05) is 31.9 Å². The Balaban J connectivity index is 1.84. The van der Waals surface area contributed by atoms with Crippen LogP contribution >= 0.6 is 23.1 Å². The molecule has 3 rings (SSSR count). The molecule has 1 aliphatic rings. The van der Waals surface area contributed by atoms with Gasteiger partial charge >= 0.3 is 0 Å². The van der Waals surface area contributed by atoms with Crippen molar-refractivity contribution in [2.75, 3.05) is 20.3 Å². The Morgan fingerprint density at radius 1 is 1.16 bits per heavy atom. The van der Waals surface area contributed by atoms with E-state index in [2.05, 4.69) is 11.3 Å². The summed E-state index contributed by atoms with van der Waals surface area (Å²) >= 11 is 2.14. The normalized spacial score (nSPS) is 16.8. The fourth-order valence-corrected chi connectivity index (χ4v) is 6.20. The van der Waals surface area contributed by atoms with E-state index >= 15 is 0 Å². The number of hydrogen-bond donors (Lipinski definition) is 0. The van der Waals surface area contributed by atoms with Gasteiger partial charge in [-0.2, -0.15) is 8.42 Å². The Bertz CT molecular complexity index is 1110. The van der Waals surface area contributed by atoms with E-state index in [1.54, 1.807) is 37.6 Å². The van der Waals surface area contributed by atoms with Crippen LogP contribution in [-0.2, 0) is 14.8 Å². The van der Waals surface area contributed by atoms with Crippen LogP contribution in [0.3, 0.4) is 0 Å². The highest BCUT2D eigenvalue weighted by molar-refractivity contribution is 8.19. The summed E-state index contributed by atoms with van der Waals surface area (Å²) in [5.41, 5.74) is 0.747. The summed E-state index contributed by atoms with van der Waals surface area (Å²) in [7, 11) is -2.30. The van der Waals surface area contributed by atoms with Crippen molar-refractivity contribution in [3.8, 4) is 11.5 Å². The third kappa shape index (κ3) is 5.73. The fraction of sp³-hybridized carbons (Fsp3) is 0.364. The number of thiophene rings is 1. The minimum absolute atomic E-state index is 0.144. The number of nitrogens with zero attached hydrogens (tertiary/aromatic N) is 2. The molecule has 0 spiro atoms. The van der Waals surface area contributed by atoms with E-state index < -0.39 is 10.0 Å². The Kier molecular flexibility index (Phi) is 8.38. The second kappa shape index (κ2) is 11.0.